The first-order valence-corrected chi connectivity index (χ1v) is 7.79. The Morgan fingerprint density at radius 3 is 2.10 bits per heavy atom. The van der Waals surface area contributed by atoms with Gasteiger partial charge in [-0.3, -0.25) is 0 Å². The third kappa shape index (κ3) is 4.09. The highest BCUT2D eigenvalue weighted by atomic mass is 15.1. The van der Waals surface area contributed by atoms with Crippen molar-refractivity contribution in [2.24, 2.45) is 5.92 Å². The molecule has 0 spiro atoms. The zero-order valence-corrected chi connectivity index (χ0v) is 14.0. The van der Waals surface area contributed by atoms with E-state index in [1.807, 2.05) is 0 Å². The van der Waals surface area contributed by atoms with Gasteiger partial charge in [0.1, 0.15) is 17.5 Å². The summed E-state index contributed by atoms with van der Waals surface area (Å²) in [7, 11) is 0. The molecular formula is C16H30N4. The molecule has 0 fully saturated rings. The summed E-state index contributed by atoms with van der Waals surface area (Å²) in [4.78, 5) is 9.34. The van der Waals surface area contributed by atoms with E-state index in [1.54, 1.807) is 0 Å². The molecule has 1 rings (SSSR count). The van der Waals surface area contributed by atoms with Gasteiger partial charge < -0.3 is 10.6 Å². The van der Waals surface area contributed by atoms with E-state index in [2.05, 4.69) is 64.1 Å². The SMILES string of the molecule is CCNc1nc(C(C)C)nc(NC(C)C(C)CC)c1C. The summed E-state index contributed by atoms with van der Waals surface area (Å²) in [6, 6.07) is 0.406. The topological polar surface area (TPSA) is 49.8 Å². The molecule has 4 nitrogen and oxygen atoms in total. The van der Waals surface area contributed by atoms with Crippen molar-refractivity contribution < 1.29 is 0 Å². The van der Waals surface area contributed by atoms with E-state index in [0.717, 1.165) is 36.0 Å². The van der Waals surface area contributed by atoms with Crippen molar-refractivity contribution in [1.82, 2.24) is 9.97 Å². The van der Waals surface area contributed by atoms with E-state index in [4.69, 9.17) is 4.98 Å². The summed E-state index contributed by atoms with van der Waals surface area (Å²) in [5, 5.41) is 6.90. The molecule has 0 aliphatic rings. The minimum Gasteiger partial charge on any atom is -0.370 e. The van der Waals surface area contributed by atoms with Crippen molar-refractivity contribution in [3.63, 3.8) is 0 Å². The lowest BCUT2D eigenvalue weighted by Gasteiger charge is -2.23. The molecule has 2 atom stereocenters. The number of hydrogen-bond donors (Lipinski definition) is 2. The Morgan fingerprint density at radius 1 is 1.00 bits per heavy atom. The van der Waals surface area contributed by atoms with Crippen molar-refractivity contribution in [1.29, 1.82) is 0 Å². The van der Waals surface area contributed by atoms with Gasteiger partial charge in [-0.05, 0) is 26.7 Å². The molecule has 0 aliphatic carbocycles. The third-order valence-electron chi connectivity index (χ3n) is 3.89. The predicted molar refractivity (Wildman–Crippen MR) is 87.6 cm³/mol. The molecule has 0 aliphatic heterocycles. The standard InChI is InChI=1S/C16H30N4/c1-8-11(5)13(7)18-16-12(6)15(17-9-2)19-14(20-16)10(3)4/h10-11,13H,8-9H2,1-7H3,(H2,17,18,19,20). The quantitative estimate of drug-likeness (QED) is 0.785. The summed E-state index contributed by atoms with van der Waals surface area (Å²) in [5.74, 6) is 3.75. The van der Waals surface area contributed by atoms with Gasteiger partial charge in [0.25, 0.3) is 0 Å². The number of hydrogen-bond acceptors (Lipinski definition) is 4. The molecule has 0 radical (unpaired) electrons. The second kappa shape index (κ2) is 7.46. The van der Waals surface area contributed by atoms with Crippen LogP contribution in [0.25, 0.3) is 0 Å². The third-order valence-corrected chi connectivity index (χ3v) is 3.89. The average molecular weight is 278 g/mol. The van der Waals surface area contributed by atoms with E-state index in [1.165, 1.54) is 0 Å². The summed E-state index contributed by atoms with van der Waals surface area (Å²) in [5.41, 5.74) is 1.10. The maximum Gasteiger partial charge on any atom is 0.135 e. The van der Waals surface area contributed by atoms with E-state index >= 15 is 0 Å². The van der Waals surface area contributed by atoms with Crippen LogP contribution in [0.3, 0.4) is 0 Å². The zero-order chi connectivity index (χ0) is 15.3. The Kier molecular flexibility index (Phi) is 6.24. The van der Waals surface area contributed by atoms with Crippen LogP contribution >= 0.6 is 0 Å². The number of rotatable bonds is 7. The molecule has 0 amide bonds. The van der Waals surface area contributed by atoms with E-state index in [9.17, 15) is 0 Å². The fraction of sp³-hybridized carbons (Fsp3) is 0.750. The van der Waals surface area contributed by atoms with Gasteiger partial charge in [-0.15, -0.1) is 0 Å². The Balaban J connectivity index is 3.10. The first-order valence-electron chi connectivity index (χ1n) is 7.79. The maximum atomic E-state index is 4.71. The predicted octanol–water partition coefficient (Wildman–Crippen LogP) is 4.19. The van der Waals surface area contributed by atoms with Gasteiger partial charge in [-0.2, -0.15) is 0 Å². The molecule has 1 aromatic rings. The number of aromatic nitrogens is 2. The van der Waals surface area contributed by atoms with Crippen molar-refractivity contribution >= 4 is 11.6 Å². The normalized spacial score (nSPS) is 14.2. The smallest absolute Gasteiger partial charge is 0.135 e. The molecule has 1 heterocycles. The molecule has 0 saturated heterocycles. The molecule has 0 saturated carbocycles. The Bertz CT molecular complexity index is 429. The zero-order valence-electron chi connectivity index (χ0n) is 14.0. The molecule has 0 bridgehead atoms. The Morgan fingerprint density at radius 2 is 1.60 bits per heavy atom. The minimum absolute atomic E-state index is 0.326. The fourth-order valence-electron chi connectivity index (χ4n) is 1.98. The number of nitrogens with zero attached hydrogens (tertiary/aromatic N) is 2. The molecule has 1 aromatic heterocycles. The van der Waals surface area contributed by atoms with Gasteiger partial charge in [0.15, 0.2) is 0 Å². The highest BCUT2D eigenvalue weighted by molar-refractivity contribution is 5.57. The second-order valence-electron chi connectivity index (χ2n) is 5.91. The molecule has 4 heteroatoms. The summed E-state index contributed by atoms with van der Waals surface area (Å²) in [6.07, 6.45) is 1.16. The monoisotopic (exact) mass is 278 g/mol. The molecule has 2 unspecified atom stereocenters. The largest absolute Gasteiger partial charge is 0.370 e. The van der Waals surface area contributed by atoms with Crippen LogP contribution in [0.5, 0.6) is 0 Å². The summed E-state index contributed by atoms with van der Waals surface area (Å²) >= 11 is 0. The Hall–Kier alpha value is -1.32. The molecular weight excluding hydrogens is 248 g/mol. The number of nitrogens with one attached hydrogen (secondary N) is 2. The van der Waals surface area contributed by atoms with Gasteiger partial charge in [0, 0.05) is 24.1 Å². The minimum atomic E-state index is 0.326. The second-order valence-corrected chi connectivity index (χ2v) is 5.91. The lowest BCUT2D eigenvalue weighted by molar-refractivity contribution is 0.493. The van der Waals surface area contributed by atoms with Crippen molar-refractivity contribution in [3.05, 3.63) is 11.4 Å². The van der Waals surface area contributed by atoms with Crippen LogP contribution in [0.15, 0.2) is 0 Å². The fourth-order valence-corrected chi connectivity index (χ4v) is 1.98. The average Bonchev–Trinajstić information content (AvgIpc) is 2.41. The number of anilines is 2. The van der Waals surface area contributed by atoms with E-state index in [0.29, 0.717) is 17.9 Å². The van der Waals surface area contributed by atoms with Gasteiger partial charge in [0.2, 0.25) is 0 Å². The van der Waals surface area contributed by atoms with Crippen molar-refractivity contribution in [2.45, 2.75) is 66.8 Å². The van der Waals surface area contributed by atoms with Crippen LogP contribution in [-0.2, 0) is 0 Å². The van der Waals surface area contributed by atoms with Crippen molar-refractivity contribution in [2.75, 3.05) is 17.2 Å². The van der Waals surface area contributed by atoms with Crippen LogP contribution in [-0.4, -0.2) is 22.6 Å². The first kappa shape index (κ1) is 16.7. The lowest BCUT2D eigenvalue weighted by atomic mass is 10.0. The molecule has 2 N–H and O–H groups in total. The lowest BCUT2D eigenvalue weighted by Crippen LogP contribution is -2.25. The van der Waals surface area contributed by atoms with Crippen LogP contribution in [0.2, 0.25) is 0 Å². The maximum absolute atomic E-state index is 4.71. The Labute approximate surface area is 123 Å². The van der Waals surface area contributed by atoms with Crippen LogP contribution in [0.4, 0.5) is 11.6 Å². The van der Waals surface area contributed by atoms with E-state index in [-0.39, 0.29) is 0 Å². The van der Waals surface area contributed by atoms with Crippen molar-refractivity contribution in [3.8, 4) is 0 Å². The first-order chi connectivity index (χ1) is 9.40. The van der Waals surface area contributed by atoms with Crippen LogP contribution < -0.4 is 10.6 Å². The van der Waals surface area contributed by atoms with Gasteiger partial charge >= 0.3 is 0 Å². The molecule has 20 heavy (non-hydrogen) atoms. The summed E-state index contributed by atoms with van der Waals surface area (Å²) in [6.45, 7) is 16.0. The molecule has 0 aromatic carbocycles. The molecule has 114 valence electrons. The van der Waals surface area contributed by atoms with Gasteiger partial charge in [-0.25, -0.2) is 9.97 Å². The highest BCUT2D eigenvalue weighted by Gasteiger charge is 2.16. The van der Waals surface area contributed by atoms with Crippen LogP contribution in [0.1, 0.15) is 65.3 Å². The summed E-state index contributed by atoms with van der Waals surface area (Å²) < 4.78 is 0. The van der Waals surface area contributed by atoms with E-state index < -0.39 is 0 Å². The highest BCUT2D eigenvalue weighted by Crippen LogP contribution is 2.24. The van der Waals surface area contributed by atoms with Gasteiger partial charge in [0.05, 0.1) is 0 Å². The van der Waals surface area contributed by atoms with Gasteiger partial charge in [-0.1, -0.05) is 34.1 Å². The van der Waals surface area contributed by atoms with Crippen LogP contribution in [0, 0.1) is 12.8 Å².